The predicted octanol–water partition coefficient (Wildman–Crippen LogP) is 4.56. The van der Waals surface area contributed by atoms with Gasteiger partial charge in [-0.05, 0) is 43.5 Å². The van der Waals surface area contributed by atoms with Crippen molar-refractivity contribution < 1.29 is 9.47 Å². The third-order valence-corrected chi connectivity index (χ3v) is 5.52. The monoisotopic (exact) mass is 548 g/mol. The van der Waals surface area contributed by atoms with Crippen LogP contribution in [0.25, 0.3) is 10.9 Å². The summed E-state index contributed by atoms with van der Waals surface area (Å²) in [5.41, 5.74) is 4.77. The first-order valence-corrected chi connectivity index (χ1v) is 11.1. The minimum atomic E-state index is 0. The Morgan fingerprint density at radius 3 is 2.88 bits per heavy atom. The molecule has 0 bridgehead atoms. The molecule has 3 aromatic rings. The molecule has 32 heavy (non-hydrogen) atoms. The van der Waals surface area contributed by atoms with Crippen LogP contribution in [-0.4, -0.2) is 43.4 Å². The number of ether oxygens (including phenoxy) is 2. The molecule has 2 aromatic carbocycles. The van der Waals surface area contributed by atoms with Crippen molar-refractivity contribution >= 4 is 40.8 Å². The summed E-state index contributed by atoms with van der Waals surface area (Å²) < 4.78 is 11.7. The lowest BCUT2D eigenvalue weighted by atomic mass is 10.1. The standard InChI is InChI=1S/C25H32N4O2.HI/c1-3-26-25(27-12-10-19-15-28-23-7-5-4-6-22(19)23)29-16-20-9-8-18(2)14-24(20)31-21-11-13-30-17-21;/h4-9,14-15,21,28H,3,10-13,16-17H2,1-2H3,(H2,26,27,29);1H. The number of aromatic nitrogens is 1. The van der Waals surface area contributed by atoms with Crippen molar-refractivity contribution in [3.63, 3.8) is 0 Å². The molecule has 0 aliphatic carbocycles. The molecule has 7 heteroatoms. The molecule has 0 amide bonds. The van der Waals surface area contributed by atoms with Crippen molar-refractivity contribution in [1.29, 1.82) is 0 Å². The highest BCUT2D eigenvalue weighted by atomic mass is 127. The lowest BCUT2D eigenvalue weighted by Crippen LogP contribution is -2.38. The van der Waals surface area contributed by atoms with Crippen molar-refractivity contribution in [2.45, 2.75) is 39.3 Å². The van der Waals surface area contributed by atoms with Gasteiger partial charge in [0.05, 0.1) is 19.8 Å². The normalized spacial score (nSPS) is 16.1. The van der Waals surface area contributed by atoms with E-state index in [-0.39, 0.29) is 30.1 Å². The molecule has 2 heterocycles. The van der Waals surface area contributed by atoms with Gasteiger partial charge in [-0.1, -0.05) is 30.3 Å². The van der Waals surface area contributed by atoms with Crippen molar-refractivity contribution in [3.8, 4) is 5.75 Å². The van der Waals surface area contributed by atoms with Crippen molar-refractivity contribution in [3.05, 3.63) is 65.4 Å². The number of hydrogen-bond donors (Lipinski definition) is 3. The molecule has 1 aromatic heterocycles. The van der Waals surface area contributed by atoms with E-state index in [4.69, 9.17) is 14.5 Å². The maximum atomic E-state index is 6.21. The largest absolute Gasteiger partial charge is 0.488 e. The zero-order valence-corrected chi connectivity index (χ0v) is 21.1. The summed E-state index contributed by atoms with van der Waals surface area (Å²) >= 11 is 0. The van der Waals surface area contributed by atoms with Crippen LogP contribution in [-0.2, 0) is 17.7 Å². The highest BCUT2D eigenvalue weighted by Crippen LogP contribution is 2.24. The van der Waals surface area contributed by atoms with Crippen LogP contribution in [0.1, 0.15) is 30.0 Å². The molecule has 1 aliphatic rings. The molecule has 1 fully saturated rings. The van der Waals surface area contributed by atoms with E-state index in [0.29, 0.717) is 13.2 Å². The van der Waals surface area contributed by atoms with Gasteiger partial charge in [0, 0.05) is 42.2 Å². The molecular weight excluding hydrogens is 515 g/mol. The molecule has 4 rings (SSSR count). The zero-order valence-electron chi connectivity index (χ0n) is 18.8. The molecule has 3 N–H and O–H groups in total. The fourth-order valence-electron chi connectivity index (χ4n) is 3.85. The van der Waals surface area contributed by atoms with Crippen molar-refractivity contribution in [2.75, 3.05) is 26.3 Å². The summed E-state index contributed by atoms with van der Waals surface area (Å²) in [6.07, 6.45) is 4.09. The summed E-state index contributed by atoms with van der Waals surface area (Å²) in [5.74, 6) is 1.73. The average molecular weight is 548 g/mol. The number of rotatable bonds is 8. The summed E-state index contributed by atoms with van der Waals surface area (Å²) in [5, 5.41) is 8.09. The lowest BCUT2D eigenvalue weighted by molar-refractivity contribution is 0.140. The molecular formula is C25H33IN4O2. The van der Waals surface area contributed by atoms with E-state index >= 15 is 0 Å². The molecule has 1 atom stereocenters. The Morgan fingerprint density at radius 2 is 2.06 bits per heavy atom. The van der Waals surface area contributed by atoms with Crippen molar-refractivity contribution in [1.82, 2.24) is 15.6 Å². The average Bonchev–Trinajstić information content (AvgIpc) is 3.43. The Labute approximate surface area is 207 Å². The van der Waals surface area contributed by atoms with Gasteiger partial charge in [-0.25, -0.2) is 4.99 Å². The maximum Gasteiger partial charge on any atom is 0.191 e. The number of nitrogens with zero attached hydrogens (tertiary/aromatic N) is 1. The molecule has 1 aliphatic heterocycles. The van der Waals surface area contributed by atoms with Crippen LogP contribution in [0.3, 0.4) is 0 Å². The van der Waals surface area contributed by atoms with Crippen LogP contribution >= 0.6 is 24.0 Å². The predicted molar refractivity (Wildman–Crippen MR) is 141 cm³/mol. The molecule has 6 nitrogen and oxygen atoms in total. The molecule has 1 saturated heterocycles. The SMILES string of the molecule is CCNC(=NCc1ccc(C)cc1OC1CCOC1)NCCc1c[nH]c2ccccc12.I. The number of hydrogen-bond acceptors (Lipinski definition) is 3. The van der Waals surface area contributed by atoms with E-state index in [0.717, 1.165) is 49.8 Å². The zero-order chi connectivity index (χ0) is 21.5. The quantitative estimate of drug-likeness (QED) is 0.219. The summed E-state index contributed by atoms with van der Waals surface area (Å²) in [6.45, 7) is 7.79. The number of H-pyrrole nitrogens is 1. The maximum absolute atomic E-state index is 6.21. The number of aliphatic imine (C=N–C) groups is 1. The van der Waals surface area contributed by atoms with E-state index in [9.17, 15) is 0 Å². The van der Waals surface area contributed by atoms with Crippen LogP contribution in [0.4, 0.5) is 0 Å². The van der Waals surface area contributed by atoms with E-state index in [1.54, 1.807) is 0 Å². The first-order valence-electron chi connectivity index (χ1n) is 11.1. The number of benzene rings is 2. The lowest BCUT2D eigenvalue weighted by Gasteiger charge is -2.16. The van der Waals surface area contributed by atoms with Crippen LogP contribution in [0.5, 0.6) is 5.75 Å². The number of aryl methyl sites for hydroxylation is 1. The summed E-state index contributed by atoms with van der Waals surface area (Å²) in [6, 6.07) is 14.7. The molecule has 1 unspecified atom stereocenters. The van der Waals surface area contributed by atoms with Gasteiger partial charge in [0.1, 0.15) is 11.9 Å². The number of guanidine groups is 1. The fraction of sp³-hybridized carbons (Fsp3) is 0.400. The molecule has 0 spiro atoms. The Bertz CT molecular complexity index is 1030. The minimum absolute atomic E-state index is 0. The minimum Gasteiger partial charge on any atom is -0.488 e. The Balaban J connectivity index is 0.00000289. The van der Waals surface area contributed by atoms with Gasteiger partial charge in [-0.2, -0.15) is 0 Å². The number of para-hydroxylation sites is 1. The van der Waals surface area contributed by atoms with Gasteiger partial charge in [-0.15, -0.1) is 24.0 Å². The smallest absolute Gasteiger partial charge is 0.191 e. The third kappa shape index (κ3) is 6.38. The van der Waals surface area contributed by atoms with E-state index in [1.165, 1.54) is 22.0 Å². The van der Waals surface area contributed by atoms with E-state index < -0.39 is 0 Å². The van der Waals surface area contributed by atoms with E-state index in [2.05, 4.69) is 78.1 Å². The summed E-state index contributed by atoms with van der Waals surface area (Å²) in [7, 11) is 0. The van der Waals surface area contributed by atoms with Gasteiger partial charge >= 0.3 is 0 Å². The Morgan fingerprint density at radius 1 is 1.19 bits per heavy atom. The number of halogens is 1. The van der Waals surface area contributed by atoms with Crippen LogP contribution < -0.4 is 15.4 Å². The van der Waals surface area contributed by atoms with Gasteiger partial charge in [-0.3, -0.25) is 0 Å². The second-order valence-corrected chi connectivity index (χ2v) is 7.95. The first kappa shape index (κ1) is 24.4. The first-order chi connectivity index (χ1) is 15.2. The number of fused-ring (bicyclic) bond motifs is 1. The van der Waals surface area contributed by atoms with Gasteiger partial charge in [0.2, 0.25) is 0 Å². The number of nitrogens with one attached hydrogen (secondary N) is 3. The molecule has 172 valence electrons. The molecule has 0 saturated carbocycles. The summed E-state index contributed by atoms with van der Waals surface area (Å²) in [4.78, 5) is 8.15. The highest BCUT2D eigenvalue weighted by Gasteiger charge is 2.18. The van der Waals surface area contributed by atoms with Crippen LogP contribution in [0, 0.1) is 6.92 Å². The second-order valence-electron chi connectivity index (χ2n) is 7.95. The van der Waals surface area contributed by atoms with Gasteiger partial charge in [0.25, 0.3) is 0 Å². The van der Waals surface area contributed by atoms with Crippen molar-refractivity contribution in [2.24, 2.45) is 4.99 Å². The van der Waals surface area contributed by atoms with Crippen LogP contribution in [0.15, 0.2) is 53.7 Å². The second kappa shape index (κ2) is 12.1. The van der Waals surface area contributed by atoms with Gasteiger partial charge < -0.3 is 25.1 Å². The highest BCUT2D eigenvalue weighted by molar-refractivity contribution is 14.0. The van der Waals surface area contributed by atoms with Crippen LogP contribution in [0.2, 0.25) is 0 Å². The molecule has 0 radical (unpaired) electrons. The van der Waals surface area contributed by atoms with Gasteiger partial charge in [0.15, 0.2) is 5.96 Å². The topological polar surface area (TPSA) is 70.7 Å². The third-order valence-electron chi connectivity index (χ3n) is 5.52. The van der Waals surface area contributed by atoms with E-state index in [1.807, 2.05) is 0 Å². The Kier molecular flexibility index (Phi) is 9.23. The number of aromatic amines is 1. The fourth-order valence-corrected chi connectivity index (χ4v) is 3.85. The Hall–Kier alpha value is -2.26.